The van der Waals surface area contributed by atoms with Crippen LogP contribution >= 0.6 is 22.6 Å². The molecule has 1 aliphatic rings. The van der Waals surface area contributed by atoms with Crippen LogP contribution in [-0.4, -0.2) is 9.78 Å². The number of hydrogen-bond acceptors (Lipinski definition) is 4. The Kier molecular flexibility index (Phi) is 4.17. The molecule has 0 amide bonds. The molecule has 3 aromatic rings. The molecule has 0 saturated carbocycles. The van der Waals surface area contributed by atoms with Crippen molar-refractivity contribution in [1.29, 1.82) is 5.26 Å². The zero-order valence-corrected chi connectivity index (χ0v) is 16.1. The van der Waals surface area contributed by atoms with Gasteiger partial charge in [-0.2, -0.15) is 10.4 Å². The Balaban J connectivity index is 1.97. The highest BCUT2D eigenvalue weighted by Crippen LogP contribution is 2.44. The summed E-state index contributed by atoms with van der Waals surface area (Å²) in [6.07, 6.45) is 0. The lowest BCUT2D eigenvalue weighted by atomic mass is 9.84. The molecule has 4 rings (SSSR count). The van der Waals surface area contributed by atoms with Crippen LogP contribution < -0.4 is 10.5 Å². The van der Waals surface area contributed by atoms with Gasteiger partial charge in [-0.05, 0) is 59.3 Å². The quantitative estimate of drug-likeness (QED) is 0.594. The second kappa shape index (κ2) is 6.50. The molecule has 2 heterocycles. The van der Waals surface area contributed by atoms with Crippen molar-refractivity contribution >= 4 is 22.6 Å². The average molecular weight is 454 g/mol. The van der Waals surface area contributed by atoms with Gasteiger partial charge in [0.1, 0.15) is 11.6 Å². The number of para-hydroxylation sites is 1. The summed E-state index contributed by atoms with van der Waals surface area (Å²) in [4.78, 5) is 0. The minimum Gasteiger partial charge on any atom is -0.422 e. The highest BCUT2D eigenvalue weighted by molar-refractivity contribution is 14.1. The van der Waals surface area contributed by atoms with E-state index in [0.717, 1.165) is 26.1 Å². The molecule has 2 aromatic carbocycles. The molecule has 0 aliphatic carbocycles. The van der Waals surface area contributed by atoms with Crippen molar-refractivity contribution in [3.8, 4) is 17.6 Å². The van der Waals surface area contributed by atoms with Crippen LogP contribution in [0.2, 0.25) is 0 Å². The monoisotopic (exact) mass is 454 g/mol. The number of nitrogens with two attached hydrogens (primary N) is 1. The number of halogens is 1. The van der Waals surface area contributed by atoms with Gasteiger partial charge >= 0.3 is 0 Å². The molecular formula is C20H15IN4O. The third-order valence-electron chi connectivity index (χ3n) is 4.42. The third kappa shape index (κ3) is 2.65. The van der Waals surface area contributed by atoms with Crippen molar-refractivity contribution < 1.29 is 4.74 Å². The molecule has 6 heteroatoms. The molecule has 128 valence electrons. The van der Waals surface area contributed by atoms with Gasteiger partial charge in [-0.3, -0.25) is 0 Å². The summed E-state index contributed by atoms with van der Waals surface area (Å²) in [5.74, 6) is 0.394. The van der Waals surface area contributed by atoms with Crippen molar-refractivity contribution in [3.63, 3.8) is 0 Å². The van der Waals surface area contributed by atoms with E-state index in [1.54, 1.807) is 4.68 Å². The highest BCUT2D eigenvalue weighted by atomic mass is 127. The summed E-state index contributed by atoms with van der Waals surface area (Å²) >= 11 is 2.27. The van der Waals surface area contributed by atoms with E-state index in [1.807, 2.05) is 55.5 Å². The SMILES string of the molecule is Cc1nn(-c2ccccc2)c2c1[C@H](c1cccc(I)c1)C(C#N)=C(N)O2. The Morgan fingerprint density at radius 2 is 1.96 bits per heavy atom. The molecule has 0 bridgehead atoms. The van der Waals surface area contributed by atoms with Gasteiger partial charge in [0, 0.05) is 3.57 Å². The van der Waals surface area contributed by atoms with Crippen LogP contribution in [0.1, 0.15) is 22.7 Å². The minimum absolute atomic E-state index is 0.126. The fourth-order valence-electron chi connectivity index (χ4n) is 3.28. The lowest BCUT2D eigenvalue weighted by Gasteiger charge is -2.25. The summed E-state index contributed by atoms with van der Waals surface area (Å²) in [5.41, 5.74) is 10.1. The predicted octanol–water partition coefficient (Wildman–Crippen LogP) is 4.00. The Labute approximate surface area is 164 Å². The second-order valence-corrected chi connectivity index (χ2v) is 7.28. The molecule has 1 aliphatic heterocycles. The lowest BCUT2D eigenvalue weighted by Crippen LogP contribution is -2.22. The number of fused-ring (bicyclic) bond motifs is 1. The normalized spacial score (nSPS) is 16.0. The second-order valence-electron chi connectivity index (χ2n) is 6.03. The number of hydrogen-bond donors (Lipinski definition) is 1. The number of ether oxygens (including phenoxy) is 1. The first kappa shape index (κ1) is 16.7. The molecule has 0 saturated heterocycles. The van der Waals surface area contributed by atoms with Crippen molar-refractivity contribution in [2.24, 2.45) is 5.73 Å². The maximum absolute atomic E-state index is 9.71. The number of rotatable bonds is 2. The highest BCUT2D eigenvalue weighted by Gasteiger charge is 2.36. The molecule has 0 spiro atoms. The van der Waals surface area contributed by atoms with Gasteiger partial charge in [0.15, 0.2) is 0 Å². The van der Waals surface area contributed by atoms with Crippen LogP contribution in [0.4, 0.5) is 0 Å². The van der Waals surface area contributed by atoms with Gasteiger partial charge in [-0.25, -0.2) is 4.68 Å². The van der Waals surface area contributed by atoms with E-state index in [0.29, 0.717) is 11.5 Å². The standard InChI is InChI=1S/C20H15IN4O/c1-12-17-18(13-6-5-7-14(21)10-13)16(11-22)19(23)26-20(17)25(24-12)15-8-3-2-4-9-15/h2-10,18H,23H2,1H3/t18-/m1/s1. The van der Waals surface area contributed by atoms with Crippen LogP contribution in [0.3, 0.4) is 0 Å². The van der Waals surface area contributed by atoms with E-state index >= 15 is 0 Å². The smallest absolute Gasteiger partial charge is 0.229 e. The van der Waals surface area contributed by atoms with Crippen molar-refractivity contribution in [3.05, 3.63) is 86.4 Å². The first-order chi connectivity index (χ1) is 12.6. The van der Waals surface area contributed by atoms with Crippen LogP contribution in [0.15, 0.2) is 66.1 Å². The first-order valence-corrected chi connectivity index (χ1v) is 9.16. The van der Waals surface area contributed by atoms with Gasteiger partial charge < -0.3 is 10.5 Å². The van der Waals surface area contributed by atoms with E-state index in [9.17, 15) is 5.26 Å². The van der Waals surface area contributed by atoms with Gasteiger partial charge in [0.2, 0.25) is 11.8 Å². The maximum atomic E-state index is 9.71. The van der Waals surface area contributed by atoms with Crippen LogP contribution in [0.5, 0.6) is 5.88 Å². The van der Waals surface area contributed by atoms with Gasteiger partial charge in [-0.1, -0.05) is 30.3 Å². The van der Waals surface area contributed by atoms with Gasteiger partial charge in [0.25, 0.3) is 0 Å². The topological polar surface area (TPSA) is 76.9 Å². The Morgan fingerprint density at radius 3 is 2.65 bits per heavy atom. The van der Waals surface area contributed by atoms with E-state index in [1.165, 1.54) is 0 Å². The summed E-state index contributed by atoms with van der Waals surface area (Å²) in [5, 5.41) is 14.4. The largest absolute Gasteiger partial charge is 0.422 e. The zero-order chi connectivity index (χ0) is 18.3. The van der Waals surface area contributed by atoms with E-state index in [4.69, 9.17) is 10.5 Å². The fraction of sp³-hybridized carbons (Fsp3) is 0.100. The predicted molar refractivity (Wildman–Crippen MR) is 107 cm³/mol. The number of aromatic nitrogens is 2. The van der Waals surface area contributed by atoms with Crippen LogP contribution in [0.25, 0.3) is 5.69 Å². The molecule has 1 aromatic heterocycles. The van der Waals surface area contributed by atoms with Crippen LogP contribution in [0, 0.1) is 21.8 Å². The summed E-state index contributed by atoms with van der Waals surface area (Å²) in [6, 6.07) is 20.0. The number of nitriles is 1. The first-order valence-electron chi connectivity index (χ1n) is 8.08. The van der Waals surface area contributed by atoms with Gasteiger partial charge in [0.05, 0.1) is 22.9 Å². The van der Waals surface area contributed by atoms with Crippen molar-refractivity contribution in [2.45, 2.75) is 12.8 Å². The lowest BCUT2D eigenvalue weighted by molar-refractivity contribution is 0.367. The Hall–Kier alpha value is -2.79. The minimum atomic E-state index is -0.295. The Bertz CT molecular complexity index is 1060. The number of allylic oxidation sites excluding steroid dienone is 1. The van der Waals surface area contributed by atoms with Gasteiger partial charge in [-0.15, -0.1) is 0 Å². The number of aryl methyl sites for hydroxylation is 1. The van der Waals surface area contributed by atoms with Crippen molar-refractivity contribution in [2.75, 3.05) is 0 Å². The van der Waals surface area contributed by atoms with Crippen LogP contribution in [-0.2, 0) is 0 Å². The summed E-state index contributed by atoms with van der Waals surface area (Å²) < 4.78 is 8.69. The molecular weight excluding hydrogens is 439 g/mol. The Morgan fingerprint density at radius 1 is 1.19 bits per heavy atom. The molecule has 0 radical (unpaired) electrons. The third-order valence-corrected chi connectivity index (χ3v) is 5.09. The molecule has 0 unspecified atom stereocenters. The number of benzene rings is 2. The molecule has 26 heavy (non-hydrogen) atoms. The fourth-order valence-corrected chi connectivity index (χ4v) is 3.84. The zero-order valence-electron chi connectivity index (χ0n) is 14.0. The number of nitrogens with zero attached hydrogens (tertiary/aromatic N) is 3. The molecule has 2 N–H and O–H groups in total. The van der Waals surface area contributed by atoms with E-state index < -0.39 is 0 Å². The molecule has 0 fully saturated rings. The van der Waals surface area contributed by atoms with E-state index in [2.05, 4.69) is 39.8 Å². The summed E-state index contributed by atoms with van der Waals surface area (Å²) in [7, 11) is 0. The maximum Gasteiger partial charge on any atom is 0.229 e. The van der Waals surface area contributed by atoms with Crippen molar-refractivity contribution in [1.82, 2.24) is 9.78 Å². The summed E-state index contributed by atoms with van der Waals surface area (Å²) in [6.45, 7) is 1.93. The molecule has 1 atom stereocenters. The molecule has 5 nitrogen and oxygen atoms in total. The average Bonchev–Trinajstić information content (AvgIpc) is 2.97. The van der Waals surface area contributed by atoms with E-state index in [-0.39, 0.29) is 11.8 Å².